The van der Waals surface area contributed by atoms with Gasteiger partial charge in [-0.1, -0.05) is 0 Å². The van der Waals surface area contributed by atoms with Crippen molar-refractivity contribution in [3.8, 4) is 0 Å². The highest BCUT2D eigenvalue weighted by molar-refractivity contribution is 6.07. The Labute approximate surface area is 128 Å². The molecule has 0 unspecified atom stereocenters. The second-order valence-electron chi connectivity index (χ2n) is 4.90. The molecule has 7 nitrogen and oxygen atoms in total. The van der Waals surface area contributed by atoms with Gasteiger partial charge in [0.25, 0.3) is 5.91 Å². The van der Waals surface area contributed by atoms with Crippen LogP contribution >= 0.6 is 0 Å². The van der Waals surface area contributed by atoms with Gasteiger partial charge in [-0.25, -0.2) is 9.97 Å². The van der Waals surface area contributed by atoms with Gasteiger partial charge in [0.2, 0.25) is 0 Å². The molecule has 0 saturated carbocycles. The van der Waals surface area contributed by atoms with E-state index >= 15 is 0 Å². The van der Waals surface area contributed by atoms with Crippen LogP contribution in [0, 0.1) is 0 Å². The smallest absolute Gasteiger partial charge is 0.259 e. The lowest BCUT2D eigenvalue weighted by Gasteiger charge is -2.29. The largest absolute Gasteiger partial charge is 0.384 e. The third-order valence-electron chi connectivity index (χ3n) is 3.39. The molecule has 1 fully saturated rings. The number of nitrogens with one attached hydrogen (secondary N) is 1. The second-order valence-corrected chi connectivity index (χ2v) is 4.90. The van der Waals surface area contributed by atoms with Gasteiger partial charge >= 0.3 is 0 Å². The van der Waals surface area contributed by atoms with Crippen molar-refractivity contribution in [3.63, 3.8) is 0 Å². The van der Waals surface area contributed by atoms with Crippen LogP contribution in [0.3, 0.4) is 0 Å². The maximum atomic E-state index is 12.5. The number of pyridine rings is 2. The predicted octanol–water partition coefficient (Wildman–Crippen LogP) is 1.15. The van der Waals surface area contributed by atoms with Crippen LogP contribution in [-0.4, -0.2) is 42.2 Å². The van der Waals surface area contributed by atoms with E-state index in [1.165, 1.54) is 6.20 Å². The molecule has 3 N–H and O–H groups in total. The minimum Gasteiger partial charge on any atom is -0.384 e. The lowest BCUT2D eigenvalue weighted by atomic mass is 10.2. The highest BCUT2D eigenvalue weighted by Gasteiger charge is 2.19. The molecular formula is C15H17N5O2. The fraction of sp³-hybridized carbons (Fsp3) is 0.267. The molecule has 0 aliphatic carbocycles. The molecule has 22 heavy (non-hydrogen) atoms. The Bertz CT molecular complexity index is 653. The van der Waals surface area contributed by atoms with E-state index in [9.17, 15) is 4.79 Å². The van der Waals surface area contributed by atoms with Crippen LogP contribution in [0.1, 0.15) is 10.4 Å². The van der Waals surface area contributed by atoms with Crippen molar-refractivity contribution < 1.29 is 9.53 Å². The molecule has 2 aromatic rings. The molecule has 3 rings (SSSR count). The van der Waals surface area contributed by atoms with E-state index in [4.69, 9.17) is 10.5 Å². The molecule has 1 aliphatic heterocycles. The molecule has 1 saturated heterocycles. The van der Waals surface area contributed by atoms with E-state index in [0.29, 0.717) is 36.1 Å². The Hall–Kier alpha value is -2.67. The maximum absolute atomic E-state index is 12.5. The zero-order chi connectivity index (χ0) is 15.4. The summed E-state index contributed by atoms with van der Waals surface area (Å²) in [7, 11) is 0. The first-order valence-corrected chi connectivity index (χ1v) is 7.04. The topological polar surface area (TPSA) is 93.4 Å². The molecule has 2 aromatic heterocycles. The third-order valence-corrected chi connectivity index (χ3v) is 3.39. The molecule has 0 spiro atoms. The van der Waals surface area contributed by atoms with Crippen LogP contribution in [0.4, 0.5) is 17.3 Å². The normalized spacial score (nSPS) is 14.6. The number of ether oxygens (including phenoxy) is 1. The highest BCUT2D eigenvalue weighted by Crippen LogP contribution is 2.20. The number of hydrogen-bond acceptors (Lipinski definition) is 6. The average molecular weight is 299 g/mol. The first-order valence-electron chi connectivity index (χ1n) is 7.04. The number of anilines is 3. The van der Waals surface area contributed by atoms with E-state index in [1.807, 2.05) is 0 Å². The standard InChI is InChI=1S/C15H17N5O2/c16-13-4-3-11(10-18-13)19-15(21)12-2-1-5-17-14(12)20-6-8-22-9-7-20/h1-5,10H,6-9H2,(H2,16,18)(H,19,21). The first-order chi connectivity index (χ1) is 10.7. The Kier molecular flexibility index (Phi) is 4.15. The van der Waals surface area contributed by atoms with E-state index in [2.05, 4.69) is 20.2 Å². The fourth-order valence-electron chi connectivity index (χ4n) is 2.28. The zero-order valence-electron chi connectivity index (χ0n) is 12.0. The Balaban J connectivity index is 1.81. The van der Waals surface area contributed by atoms with Crippen molar-refractivity contribution in [2.75, 3.05) is 42.3 Å². The number of nitrogen functional groups attached to an aromatic ring is 1. The van der Waals surface area contributed by atoms with Crippen LogP contribution in [0.2, 0.25) is 0 Å². The van der Waals surface area contributed by atoms with Crippen LogP contribution < -0.4 is 16.0 Å². The zero-order valence-corrected chi connectivity index (χ0v) is 12.0. The van der Waals surface area contributed by atoms with Crippen molar-refractivity contribution >= 4 is 23.2 Å². The molecule has 0 atom stereocenters. The average Bonchev–Trinajstić information content (AvgIpc) is 2.58. The molecule has 0 radical (unpaired) electrons. The number of morpholine rings is 1. The number of nitrogens with zero attached hydrogens (tertiary/aromatic N) is 3. The van der Waals surface area contributed by atoms with Crippen molar-refractivity contribution in [2.45, 2.75) is 0 Å². The number of carbonyl (C=O) groups excluding carboxylic acids is 1. The van der Waals surface area contributed by atoms with Gasteiger partial charge in [-0.3, -0.25) is 4.79 Å². The minimum atomic E-state index is -0.221. The van der Waals surface area contributed by atoms with Gasteiger partial charge in [0, 0.05) is 19.3 Å². The van der Waals surface area contributed by atoms with Gasteiger partial charge < -0.3 is 20.7 Å². The van der Waals surface area contributed by atoms with Crippen LogP contribution in [0.5, 0.6) is 0 Å². The van der Waals surface area contributed by atoms with Crippen molar-refractivity contribution in [1.82, 2.24) is 9.97 Å². The Morgan fingerprint density at radius 1 is 1.23 bits per heavy atom. The summed E-state index contributed by atoms with van der Waals surface area (Å²) in [5.41, 5.74) is 6.66. The summed E-state index contributed by atoms with van der Waals surface area (Å²) in [5, 5.41) is 2.81. The molecule has 3 heterocycles. The minimum absolute atomic E-state index is 0.221. The highest BCUT2D eigenvalue weighted by atomic mass is 16.5. The maximum Gasteiger partial charge on any atom is 0.259 e. The van der Waals surface area contributed by atoms with Crippen molar-refractivity contribution in [3.05, 3.63) is 42.2 Å². The number of aromatic nitrogens is 2. The van der Waals surface area contributed by atoms with Gasteiger partial charge in [-0.15, -0.1) is 0 Å². The van der Waals surface area contributed by atoms with Crippen LogP contribution in [0.15, 0.2) is 36.7 Å². The van der Waals surface area contributed by atoms with Crippen molar-refractivity contribution in [1.29, 1.82) is 0 Å². The summed E-state index contributed by atoms with van der Waals surface area (Å²) in [4.78, 5) is 22.9. The van der Waals surface area contributed by atoms with Gasteiger partial charge in [0.05, 0.1) is 30.7 Å². The van der Waals surface area contributed by atoms with Crippen LogP contribution in [0.25, 0.3) is 0 Å². The van der Waals surface area contributed by atoms with Gasteiger partial charge in [-0.05, 0) is 24.3 Å². The summed E-state index contributed by atoms with van der Waals surface area (Å²) in [6, 6.07) is 6.87. The summed E-state index contributed by atoms with van der Waals surface area (Å²) >= 11 is 0. The predicted molar refractivity (Wildman–Crippen MR) is 83.9 cm³/mol. The van der Waals surface area contributed by atoms with Gasteiger partial charge in [0.15, 0.2) is 0 Å². The summed E-state index contributed by atoms with van der Waals surface area (Å²) < 4.78 is 5.34. The first kappa shape index (κ1) is 14.3. The monoisotopic (exact) mass is 299 g/mol. The number of amides is 1. The fourth-order valence-corrected chi connectivity index (χ4v) is 2.28. The van der Waals surface area contributed by atoms with E-state index in [0.717, 1.165) is 13.1 Å². The van der Waals surface area contributed by atoms with Crippen molar-refractivity contribution in [2.24, 2.45) is 0 Å². The Morgan fingerprint density at radius 2 is 2.05 bits per heavy atom. The SMILES string of the molecule is Nc1ccc(NC(=O)c2cccnc2N2CCOCC2)cn1. The van der Waals surface area contributed by atoms with E-state index in [-0.39, 0.29) is 5.91 Å². The van der Waals surface area contributed by atoms with Gasteiger partial charge in [-0.2, -0.15) is 0 Å². The number of nitrogens with two attached hydrogens (primary N) is 1. The second kappa shape index (κ2) is 6.40. The molecule has 1 amide bonds. The number of rotatable bonds is 3. The number of carbonyl (C=O) groups is 1. The molecule has 0 bridgehead atoms. The number of hydrogen-bond donors (Lipinski definition) is 2. The molecular weight excluding hydrogens is 282 g/mol. The quantitative estimate of drug-likeness (QED) is 0.883. The van der Waals surface area contributed by atoms with E-state index < -0.39 is 0 Å². The molecule has 7 heteroatoms. The lowest BCUT2D eigenvalue weighted by Crippen LogP contribution is -2.38. The van der Waals surface area contributed by atoms with Gasteiger partial charge in [0.1, 0.15) is 11.6 Å². The Morgan fingerprint density at radius 3 is 2.77 bits per heavy atom. The molecule has 114 valence electrons. The van der Waals surface area contributed by atoms with Crippen LogP contribution in [-0.2, 0) is 4.74 Å². The summed E-state index contributed by atoms with van der Waals surface area (Å²) in [6.45, 7) is 2.72. The summed E-state index contributed by atoms with van der Waals surface area (Å²) in [5.74, 6) is 0.862. The lowest BCUT2D eigenvalue weighted by molar-refractivity contribution is 0.102. The third kappa shape index (κ3) is 3.15. The molecule has 1 aliphatic rings. The summed E-state index contributed by atoms with van der Waals surface area (Å²) in [6.07, 6.45) is 3.21. The molecule has 0 aromatic carbocycles. The van der Waals surface area contributed by atoms with E-state index in [1.54, 1.807) is 30.5 Å².